The summed E-state index contributed by atoms with van der Waals surface area (Å²) in [6.45, 7) is 10.2. The lowest BCUT2D eigenvalue weighted by molar-refractivity contribution is 0.355. The molecule has 0 saturated carbocycles. The lowest BCUT2D eigenvalue weighted by Gasteiger charge is -2.20. The second-order valence-corrected chi connectivity index (χ2v) is 9.06. The summed E-state index contributed by atoms with van der Waals surface area (Å²) in [6, 6.07) is 5.80. The predicted molar refractivity (Wildman–Crippen MR) is 115 cm³/mol. The van der Waals surface area contributed by atoms with Crippen LogP contribution in [0.4, 0.5) is 0 Å². The molecule has 0 amide bonds. The van der Waals surface area contributed by atoms with Gasteiger partial charge in [-0.15, -0.1) is 0 Å². The second-order valence-electron chi connectivity index (χ2n) is 6.90. The summed E-state index contributed by atoms with van der Waals surface area (Å²) in [5, 5.41) is 10.0. The van der Waals surface area contributed by atoms with Crippen LogP contribution in [0.5, 0.6) is 11.5 Å². The third-order valence-corrected chi connectivity index (χ3v) is 6.46. The Bertz CT molecular complexity index is 817. The molecule has 0 spiro atoms. The van der Waals surface area contributed by atoms with Crippen LogP contribution in [0, 0.1) is 24.3 Å². The molecule has 2 N–H and O–H groups in total. The molecule has 0 bridgehead atoms. The molecule has 0 aliphatic carbocycles. The van der Waals surface area contributed by atoms with E-state index in [1.54, 1.807) is 6.07 Å². The van der Waals surface area contributed by atoms with Crippen LogP contribution in [-0.4, -0.2) is 16.3 Å². The molecule has 142 valence electrons. The van der Waals surface area contributed by atoms with Crippen molar-refractivity contribution in [3.05, 3.63) is 55.1 Å². The minimum atomic E-state index is -2.66. The molecule has 0 fully saturated rings. The Morgan fingerprint density at radius 3 is 2.38 bits per heavy atom. The van der Waals surface area contributed by atoms with Crippen LogP contribution < -0.4 is 4.74 Å². The summed E-state index contributed by atoms with van der Waals surface area (Å²) < 4.78 is 17.6. The van der Waals surface area contributed by atoms with Gasteiger partial charge in [0.15, 0.2) is 6.35 Å². The number of hydrogen-bond acceptors (Lipinski definition) is 3. The molecule has 1 unspecified atom stereocenters. The molecule has 1 atom stereocenters. The van der Waals surface area contributed by atoms with Gasteiger partial charge in [0.2, 0.25) is 8.03 Å². The zero-order valence-corrected chi connectivity index (χ0v) is 19.0. The first kappa shape index (κ1) is 21.3. The lowest BCUT2D eigenvalue weighted by Crippen LogP contribution is -2.06. The van der Waals surface area contributed by atoms with Crippen molar-refractivity contribution < 1.29 is 19.3 Å². The summed E-state index contributed by atoms with van der Waals surface area (Å²) in [7, 11) is -2.66. The second kappa shape index (κ2) is 8.77. The van der Waals surface area contributed by atoms with Gasteiger partial charge in [-0.3, -0.25) is 4.57 Å². The largest absolute Gasteiger partial charge is 0.508 e. The maximum absolute atomic E-state index is 11.0. The highest BCUT2D eigenvalue weighted by Crippen LogP contribution is 2.37. The average molecular weight is 488 g/mol. The van der Waals surface area contributed by atoms with Crippen LogP contribution in [0.25, 0.3) is 0 Å². The number of phenols is 1. The monoisotopic (exact) mass is 488 g/mol. The van der Waals surface area contributed by atoms with E-state index < -0.39 is 8.03 Å². The molecule has 0 aromatic heterocycles. The van der Waals surface area contributed by atoms with E-state index in [9.17, 15) is 9.67 Å². The molecule has 0 radical (unpaired) electrons. The minimum Gasteiger partial charge on any atom is -0.508 e. The standard InChI is InChI=1S/C20H26IO4P/c1-11(2)16-8-15(6-7-18(16)22)9-17-12(3)13(4)20(19(21)14(17)5)25-10-26(23)24/h6-8,11,22,26H,9-10H2,1-5H3,(H,23,24). The van der Waals surface area contributed by atoms with Gasteiger partial charge in [-0.1, -0.05) is 26.0 Å². The topological polar surface area (TPSA) is 66.8 Å². The first-order valence-electron chi connectivity index (χ1n) is 8.58. The van der Waals surface area contributed by atoms with E-state index in [2.05, 4.69) is 56.4 Å². The fourth-order valence-corrected chi connectivity index (χ4v) is 4.25. The van der Waals surface area contributed by atoms with Crippen LogP contribution >= 0.6 is 30.6 Å². The van der Waals surface area contributed by atoms with Gasteiger partial charge in [-0.05, 0) is 95.1 Å². The van der Waals surface area contributed by atoms with E-state index in [0.29, 0.717) is 11.5 Å². The highest BCUT2D eigenvalue weighted by atomic mass is 127. The van der Waals surface area contributed by atoms with Crippen LogP contribution in [-0.2, 0) is 11.0 Å². The number of phenolic OH excluding ortho intramolecular Hbond substituents is 1. The highest BCUT2D eigenvalue weighted by Gasteiger charge is 2.18. The van der Waals surface area contributed by atoms with Crippen molar-refractivity contribution in [1.82, 2.24) is 0 Å². The van der Waals surface area contributed by atoms with Crippen LogP contribution in [0.3, 0.4) is 0 Å². The van der Waals surface area contributed by atoms with Crippen molar-refractivity contribution in [2.24, 2.45) is 0 Å². The maximum atomic E-state index is 11.0. The zero-order chi connectivity index (χ0) is 19.6. The highest BCUT2D eigenvalue weighted by molar-refractivity contribution is 14.1. The third kappa shape index (κ3) is 4.62. The van der Waals surface area contributed by atoms with Crippen molar-refractivity contribution in [2.75, 3.05) is 6.35 Å². The SMILES string of the molecule is Cc1c(C)c(OC[PH](=O)O)c(I)c(C)c1Cc1ccc(O)c(C(C)C)c1. The summed E-state index contributed by atoms with van der Waals surface area (Å²) in [6.07, 6.45) is 0.612. The van der Waals surface area contributed by atoms with E-state index >= 15 is 0 Å². The third-order valence-electron chi connectivity index (χ3n) is 4.77. The number of hydrogen-bond donors (Lipinski definition) is 2. The summed E-state index contributed by atoms with van der Waals surface area (Å²) >= 11 is 2.25. The van der Waals surface area contributed by atoms with Gasteiger partial charge in [0, 0.05) is 0 Å². The van der Waals surface area contributed by atoms with Crippen LogP contribution in [0.2, 0.25) is 0 Å². The smallest absolute Gasteiger partial charge is 0.225 e. The molecular formula is C20H26IO4P. The average Bonchev–Trinajstić information content (AvgIpc) is 2.57. The summed E-state index contributed by atoms with van der Waals surface area (Å²) in [4.78, 5) is 9.08. The molecule has 2 rings (SSSR count). The van der Waals surface area contributed by atoms with E-state index in [-0.39, 0.29) is 12.3 Å². The van der Waals surface area contributed by atoms with Crippen LogP contribution in [0.1, 0.15) is 53.1 Å². The number of benzene rings is 2. The van der Waals surface area contributed by atoms with Gasteiger partial charge in [0.05, 0.1) is 3.57 Å². The maximum Gasteiger partial charge on any atom is 0.225 e. The molecule has 0 aliphatic rings. The molecule has 0 heterocycles. The van der Waals surface area contributed by atoms with E-state index in [1.807, 2.05) is 13.0 Å². The number of ether oxygens (including phenoxy) is 1. The Morgan fingerprint density at radius 2 is 1.81 bits per heavy atom. The first-order valence-corrected chi connectivity index (χ1v) is 11.2. The molecule has 0 aliphatic heterocycles. The van der Waals surface area contributed by atoms with E-state index in [4.69, 9.17) is 9.63 Å². The molecular weight excluding hydrogens is 462 g/mol. The van der Waals surface area contributed by atoms with Crippen molar-refractivity contribution in [3.63, 3.8) is 0 Å². The normalized spacial score (nSPS) is 12.5. The fraction of sp³-hybridized carbons (Fsp3) is 0.400. The van der Waals surface area contributed by atoms with Crippen molar-refractivity contribution in [2.45, 2.75) is 47.0 Å². The first-order chi connectivity index (χ1) is 12.1. The Morgan fingerprint density at radius 1 is 1.15 bits per heavy atom. The molecule has 2 aromatic rings. The van der Waals surface area contributed by atoms with Crippen molar-refractivity contribution in [1.29, 1.82) is 0 Å². The Hall–Kier alpha value is -1.04. The van der Waals surface area contributed by atoms with Crippen molar-refractivity contribution in [3.8, 4) is 11.5 Å². The quantitative estimate of drug-likeness (QED) is 0.420. The molecule has 4 nitrogen and oxygen atoms in total. The van der Waals surface area contributed by atoms with Crippen molar-refractivity contribution >= 4 is 30.6 Å². The Labute approximate surface area is 169 Å². The number of rotatable bonds is 6. The van der Waals surface area contributed by atoms with Gasteiger partial charge in [-0.25, -0.2) is 0 Å². The lowest BCUT2D eigenvalue weighted by atomic mass is 9.90. The summed E-state index contributed by atoms with van der Waals surface area (Å²) in [5.74, 6) is 1.30. The Balaban J connectivity index is 2.45. The van der Waals surface area contributed by atoms with Crippen LogP contribution in [0.15, 0.2) is 18.2 Å². The van der Waals surface area contributed by atoms with Gasteiger partial charge < -0.3 is 14.7 Å². The van der Waals surface area contributed by atoms with Gasteiger partial charge in [0.1, 0.15) is 11.5 Å². The number of halogens is 1. The Kier molecular flexibility index (Phi) is 7.17. The fourth-order valence-electron chi connectivity index (χ4n) is 3.10. The van der Waals surface area contributed by atoms with E-state index in [0.717, 1.165) is 37.8 Å². The molecule has 26 heavy (non-hydrogen) atoms. The van der Waals surface area contributed by atoms with Gasteiger partial charge in [0.25, 0.3) is 0 Å². The predicted octanol–water partition coefficient (Wildman–Crippen LogP) is 5.44. The minimum absolute atomic E-state index is 0.157. The molecule has 0 saturated heterocycles. The summed E-state index contributed by atoms with van der Waals surface area (Å²) in [5.41, 5.74) is 6.60. The molecule has 6 heteroatoms. The van der Waals surface area contributed by atoms with E-state index in [1.165, 1.54) is 5.56 Å². The zero-order valence-electron chi connectivity index (χ0n) is 15.8. The van der Waals surface area contributed by atoms with Gasteiger partial charge in [-0.2, -0.15) is 0 Å². The number of aromatic hydroxyl groups is 1. The molecule has 2 aromatic carbocycles. The van der Waals surface area contributed by atoms with Gasteiger partial charge >= 0.3 is 0 Å².